The average molecular weight is 403 g/mol. The summed E-state index contributed by atoms with van der Waals surface area (Å²) in [5.41, 5.74) is -1.31. The Kier molecular flexibility index (Phi) is 4.16. The molecule has 4 heteroatoms. The molecule has 1 aromatic carbocycles. The van der Waals surface area contributed by atoms with Crippen molar-refractivity contribution in [3.8, 4) is 0 Å². The van der Waals surface area contributed by atoms with Gasteiger partial charge in [0.2, 0.25) is 0 Å². The van der Waals surface area contributed by atoms with Gasteiger partial charge in [0.25, 0.3) is 0 Å². The van der Waals surface area contributed by atoms with E-state index in [0.29, 0.717) is 13.0 Å². The molecule has 0 radical (unpaired) electrons. The van der Waals surface area contributed by atoms with E-state index in [-0.39, 0.29) is 44.5 Å². The number of benzene rings is 1. The van der Waals surface area contributed by atoms with Crippen molar-refractivity contribution in [1.29, 1.82) is 0 Å². The fourth-order valence-corrected chi connectivity index (χ4v) is 7.32. The predicted octanol–water partition coefficient (Wildman–Crippen LogP) is 2.79. The van der Waals surface area contributed by atoms with E-state index in [4.69, 9.17) is 4.74 Å². The van der Waals surface area contributed by atoms with Crippen LogP contribution in [-0.4, -0.2) is 33.3 Å². The summed E-state index contributed by atoms with van der Waals surface area (Å²) in [5.74, 6) is 0.374. The van der Waals surface area contributed by atoms with E-state index in [9.17, 15) is 9.59 Å². The molecule has 1 saturated heterocycles. The van der Waals surface area contributed by atoms with E-state index in [1.165, 1.54) is 4.46 Å². The number of rotatable bonds is 3. The molecule has 0 aromatic heterocycles. The molecule has 1 heterocycles. The first-order valence-corrected chi connectivity index (χ1v) is 11.1. The Labute approximate surface area is 155 Å². The van der Waals surface area contributed by atoms with Gasteiger partial charge in [0.15, 0.2) is 0 Å². The van der Waals surface area contributed by atoms with Crippen molar-refractivity contribution in [2.24, 2.45) is 28.6 Å². The number of esters is 1. The number of allylic oxidation sites excluding steroid dienone is 2. The zero-order valence-corrected chi connectivity index (χ0v) is 16.4. The van der Waals surface area contributed by atoms with E-state index in [1.807, 2.05) is 18.2 Å². The van der Waals surface area contributed by atoms with Gasteiger partial charge in [-0.05, 0) is 0 Å². The summed E-state index contributed by atoms with van der Waals surface area (Å²) in [6.07, 6.45) is 5.91. The molecule has 4 rings (SSSR count). The zero-order valence-electron chi connectivity index (χ0n) is 14.7. The quantitative estimate of drug-likeness (QED) is 0.337. The van der Waals surface area contributed by atoms with Crippen LogP contribution in [-0.2, 0) is 14.3 Å². The number of Topliss-reactive ketones (excluding diaryl/α,β-unsaturated/α-hetero) is 1. The van der Waals surface area contributed by atoms with Crippen molar-refractivity contribution in [3.05, 3.63) is 42.5 Å². The van der Waals surface area contributed by atoms with Gasteiger partial charge < -0.3 is 0 Å². The summed E-state index contributed by atoms with van der Waals surface area (Å²) >= 11 is 0.256. The number of ether oxygens (including phenoxy) is 1. The summed E-state index contributed by atoms with van der Waals surface area (Å²) in [4.78, 5) is 26.4. The maximum atomic E-state index is 13.6. The van der Waals surface area contributed by atoms with Crippen LogP contribution in [0.3, 0.4) is 0 Å². The number of ketones is 1. The van der Waals surface area contributed by atoms with Gasteiger partial charge in [0, 0.05) is 0 Å². The number of hydrogen-bond donors (Lipinski definition) is 0. The van der Waals surface area contributed by atoms with Crippen molar-refractivity contribution in [2.75, 3.05) is 6.61 Å². The molecule has 3 nitrogen and oxygen atoms in total. The minimum atomic E-state index is -0.893. The zero-order chi connectivity index (χ0) is 17.7. The molecule has 1 saturated carbocycles. The number of fused-ring (bicyclic) bond motifs is 1. The monoisotopic (exact) mass is 404 g/mol. The van der Waals surface area contributed by atoms with Crippen LogP contribution >= 0.6 is 0 Å². The summed E-state index contributed by atoms with van der Waals surface area (Å²) in [7, 11) is 0. The van der Waals surface area contributed by atoms with Crippen molar-refractivity contribution in [3.63, 3.8) is 0 Å². The predicted molar refractivity (Wildman–Crippen MR) is 97.7 cm³/mol. The first-order valence-electron chi connectivity index (χ1n) is 9.06. The first-order chi connectivity index (χ1) is 12.0. The van der Waals surface area contributed by atoms with Crippen LogP contribution in [0.4, 0.5) is 0 Å². The van der Waals surface area contributed by atoms with Gasteiger partial charge in [-0.2, -0.15) is 0 Å². The molecule has 5 atom stereocenters. The SMILES string of the molecule is C[C@H]1C=CC[C@@H]2C[C@@]3(C(=O)OC[C@H]3C[Se]c3ccccc3)C(=O)[C@@]21C. The summed E-state index contributed by atoms with van der Waals surface area (Å²) < 4.78 is 6.79. The van der Waals surface area contributed by atoms with Crippen LogP contribution < -0.4 is 4.46 Å². The molecular weight excluding hydrogens is 379 g/mol. The van der Waals surface area contributed by atoms with E-state index in [2.05, 4.69) is 38.1 Å². The number of hydrogen-bond acceptors (Lipinski definition) is 3. The van der Waals surface area contributed by atoms with Crippen LogP contribution in [0.15, 0.2) is 42.5 Å². The van der Waals surface area contributed by atoms with Gasteiger partial charge in [-0.25, -0.2) is 0 Å². The standard InChI is InChI=1S/C21H24O3Se/c1-14-7-6-8-15-11-21(18(22)20(14,15)2)16(12-24-19(21)23)13-25-17-9-4-3-5-10-17/h3-7,9-10,14-16H,8,11-13H2,1-2H3/t14-,15+,16-,20+,21-/m0/s1. The van der Waals surface area contributed by atoms with Crippen LogP contribution in [0.1, 0.15) is 26.7 Å². The third-order valence-electron chi connectivity index (χ3n) is 6.77. The van der Waals surface area contributed by atoms with Crippen LogP contribution in [0.5, 0.6) is 0 Å². The molecule has 1 aromatic rings. The van der Waals surface area contributed by atoms with Gasteiger partial charge in [-0.1, -0.05) is 0 Å². The molecule has 0 amide bonds. The second-order valence-corrected chi connectivity index (χ2v) is 10.2. The van der Waals surface area contributed by atoms with Crippen molar-refractivity contribution >= 4 is 31.2 Å². The molecule has 0 bridgehead atoms. The van der Waals surface area contributed by atoms with E-state index in [1.54, 1.807) is 0 Å². The molecule has 132 valence electrons. The second-order valence-electron chi connectivity index (χ2n) is 7.86. The summed E-state index contributed by atoms with van der Waals surface area (Å²) in [6, 6.07) is 10.4. The Bertz CT molecular complexity index is 728. The van der Waals surface area contributed by atoms with E-state index >= 15 is 0 Å². The minimum absolute atomic E-state index is 0.0299. The maximum absolute atomic E-state index is 13.6. The normalized spacial score (nSPS) is 39.7. The van der Waals surface area contributed by atoms with Crippen LogP contribution in [0, 0.1) is 28.6 Å². The number of carbonyl (C=O) groups excluding carboxylic acids is 2. The molecule has 0 N–H and O–H groups in total. The van der Waals surface area contributed by atoms with E-state index < -0.39 is 10.8 Å². The van der Waals surface area contributed by atoms with Gasteiger partial charge in [-0.15, -0.1) is 0 Å². The topological polar surface area (TPSA) is 43.4 Å². The van der Waals surface area contributed by atoms with E-state index in [0.717, 1.165) is 11.7 Å². The second kappa shape index (κ2) is 6.10. The third kappa shape index (κ3) is 2.38. The fourth-order valence-electron chi connectivity index (χ4n) is 4.96. The molecular formula is C21H24O3Se. The van der Waals surface area contributed by atoms with Crippen molar-refractivity contribution in [2.45, 2.75) is 32.0 Å². The molecule has 1 aliphatic heterocycles. The van der Waals surface area contributed by atoms with Crippen molar-refractivity contribution < 1.29 is 14.3 Å². The molecule has 3 aliphatic rings. The average Bonchev–Trinajstić information content (AvgIpc) is 3.06. The Hall–Kier alpha value is -1.38. The molecule has 2 aliphatic carbocycles. The summed E-state index contributed by atoms with van der Waals surface area (Å²) in [5, 5.41) is 0.888. The number of carbonyl (C=O) groups is 2. The van der Waals surface area contributed by atoms with Gasteiger partial charge in [0.05, 0.1) is 0 Å². The Morgan fingerprint density at radius 3 is 2.72 bits per heavy atom. The number of cyclic esters (lactones) is 1. The molecule has 2 fully saturated rings. The van der Waals surface area contributed by atoms with Gasteiger partial charge in [-0.3, -0.25) is 0 Å². The Morgan fingerprint density at radius 1 is 1.24 bits per heavy atom. The van der Waals surface area contributed by atoms with Gasteiger partial charge in [0.1, 0.15) is 0 Å². The fraction of sp³-hybridized carbons (Fsp3) is 0.524. The van der Waals surface area contributed by atoms with Crippen LogP contribution in [0.25, 0.3) is 0 Å². The van der Waals surface area contributed by atoms with Crippen molar-refractivity contribution in [1.82, 2.24) is 0 Å². The first kappa shape index (κ1) is 17.1. The molecule has 0 unspecified atom stereocenters. The summed E-state index contributed by atoms with van der Waals surface area (Å²) in [6.45, 7) is 4.60. The van der Waals surface area contributed by atoms with Crippen LogP contribution in [0.2, 0.25) is 5.32 Å². The third-order valence-corrected chi connectivity index (χ3v) is 9.24. The Balaban J connectivity index is 1.62. The van der Waals surface area contributed by atoms with Gasteiger partial charge >= 0.3 is 155 Å². The Morgan fingerprint density at radius 2 is 2.00 bits per heavy atom. The molecule has 25 heavy (non-hydrogen) atoms. The molecule has 1 spiro atoms.